The van der Waals surface area contributed by atoms with E-state index in [1.54, 1.807) is 23.2 Å². The number of nitrogens with one attached hydrogen (secondary N) is 2. The fourth-order valence-corrected chi connectivity index (χ4v) is 5.99. The first kappa shape index (κ1) is 23.8. The molecule has 1 aromatic carbocycles. The molecule has 10 heteroatoms. The van der Waals surface area contributed by atoms with Crippen molar-refractivity contribution in [2.24, 2.45) is 0 Å². The number of aromatic nitrogens is 2. The number of amides is 4. The van der Waals surface area contributed by atoms with Crippen LogP contribution in [0.25, 0.3) is 21.5 Å². The Kier molecular flexibility index (Phi) is 6.09. The number of piperidine rings is 1. The summed E-state index contributed by atoms with van der Waals surface area (Å²) in [7, 11) is 0. The summed E-state index contributed by atoms with van der Waals surface area (Å²) < 4.78 is 0. The average molecular weight is 525 g/mol. The molecule has 4 amide bonds. The highest BCUT2D eigenvalue weighted by atomic mass is 32.1. The van der Waals surface area contributed by atoms with Gasteiger partial charge in [0, 0.05) is 30.9 Å². The minimum atomic E-state index is -0.407. The van der Waals surface area contributed by atoms with Crippen LogP contribution in [-0.4, -0.2) is 51.8 Å². The van der Waals surface area contributed by atoms with E-state index in [1.807, 2.05) is 42.5 Å². The summed E-state index contributed by atoms with van der Waals surface area (Å²) in [5.74, 6) is 0.0187. The number of carbonyl (C=O) groups excluding carboxylic acids is 3. The lowest BCUT2D eigenvalue weighted by Crippen LogP contribution is -2.49. The van der Waals surface area contributed by atoms with Gasteiger partial charge in [-0.1, -0.05) is 43.0 Å². The van der Waals surface area contributed by atoms with E-state index in [9.17, 15) is 14.4 Å². The lowest BCUT2D eigenvalue weighted by Gasteiger charge is -2.32. The maximum Gasteiger partial charge on any atom is 0.332 e. The molecule has 1 saturated heterocycles. The van der Waals surface area contributed by atoms with Gasteiger partial charge in [-0.3, -0.25) is 9.59 Å². The third-order valence-corrected chi connectivity index (χ3v) is 7.82. The number of urea groups is 1. The van der Waals surface area contributed by atoms with Gasteiger partial charge in [0.15, 0.2) is 0 Å². The lowest BCUT2D eigenvalue weighted by molar-refractivity contribution is -0.127. The summed E-state index contributed by atoms with van der Waals surface area (Å²) in [6, 6.07) is 16.5. The molecule has 0 bridgehead atoms. The van der Waals surface area contributed by atoms with E-state index in [4.69, 9.17) is 4.98 Å². The molecule has 6 rings (SSSR count). The van der Waals surface area contributed by atoms with E-state index in [-0.39, 0.29) is 17.9 Å². The maximum atomic E-state index is 13.4. The summed E-state index contributed by atoms with van der Waals surface area (Å²) in [6.07, 6.45) is 4.47. The van der Waals surface area contributed by atoms with E-state index >= 15 is 0 Å². The van der Waals surface area contributed by atoms with E-state index in [2.05, 4.69) is 22.2 Å². The van der Waals surface area contributed by atoms with Crippen molar-refractivity contribution in [1.29, 1.82) is 0 Å². The van der Waals surface area contributed by atoms with E-state index in [0.29, 0.717) is 45.4 Å². The van der Waals surface area contributed by atoms with Crippen LogP contribution < -0.4 is 15.5 Å². The fraction of sp³-hybridized carbons (Fsp3) is 0.179. The van der Waals surface area contributed by atoms with E-state index < -0.39 is 6.03 Å². The Bertz CT molecular complexity index is 1580. The molecule has 1 atom stereocenters. The highest BCUT2D eigenvalue weighted by molar-refractivity contribution is 7.21. The molecular weight excluding hydrogens is 500 g/mol. The van der Waals surface area contributed by atoms with Crippen molar-refractivity contribution >= 4 is 56.6 Å². The fourth-order valence-electron chi connectivity index (χ4n) is 4.96. The third kappa shape index (κ3) is 4.18. The first-order valence-corrected chi connectivity index (χ1v) is 13.1. The predicted octanol–water partition coefficient (Wildman–Crippen LogP) is 4.95. The van der Waals surface area contributed by atoms with Crippen molar-refractivity contribution in [3.05, 3.63) is 78.3 Å². The SMILES string of the molecule is C=CC(=O)N1CCCC(NC(=O)c2sc3nccc4c3c2NC(=O)N4c2cccc(-c3ccccc3)n2)C1. The molecule has 4 aromatic rings. The highest BCUT2D eigenvalue weighted by Crippen LogP contribution is 2.45. The Morgan fingerprint density at radius 2 is 1.97 bits per heavy atom. The second-order valence-electron chi connectivity index (χ2n) is 9.13. The van der Waals surface area contributed by atoms with Gasteiger partial charge in [-0.2, -0.15) is 0 Å². The number of carbonyl (C=O) groups is 3. The molecule has 3 aromatic heterocycles. The van der Waals surface area contributed by atoms with Gasteiger partial charge in [0.2, 0.25) is 5.91 Å². The summed E-state index contributed by atoms with van der Waals surface area (Å²) in [6.45, 7) is 4.62. The zero-order valence-electron chi connectivity index (χ0n) is 20.4. The number of hydrogen-bond acceptors (Lipinski definition) is 6. The summed E-state index contributed by atoms with van der Waals surface area (Å²) >= 11 is 1.23. The summed E-state index contributed by atoms with van der Waals surface area (Å²) in [5, 5.41) is 6.65. The van der Waals surface area contributed by atoms with E-state index in [0.717, 1.165) is 24.1 Å². The predicted molar refractivity (Wildman–Crippen MR) is 148 cm³/mol. The van der Waals surface area contributed by atoms with Crippen LogP contribution in [0.2, 0.25) is 0 Å². The number of rotatable bonds is 5. The second kappa shape index (κ2) is 9.71. The molecule has 0 spiro atoms. The Hall–Kier alpha value is -4.57. The molecule has 2 aliphatic rings. The zero-order chi connectivity index (χ0) is 26.2. The molecule has 9 nitrogen and oxygen atoms in total. The zero-order valence-corrected chi connectivity index (χ0v) is 21.2. The maximum absolute atomic E-state index is 13.4. The van der Waals surface area contributed by atoms with Crippen molar-refractivity contribution in [1.82, 2.24) is 20.2 Å². The van der Waals surface area contributed by atoms with Crippen LogP contribution in [0.15, 0.2) is 73.4 Å². The number of likely N-dealkylation sites (tertiary alicyclic amines) is 1. The topological polar surface area (TPSA) is 108 Å². The van der Waals surface area contributed by atoms with Crippen LogP contribution in [0, 0.1) is 0 Å². The van der Waals surface area contributed by atoms with Crippen molar-refractivity contribution in [2.45, 2.75) is 18.9 Å². The van der Waals surface area contributed by atoms with Crippen LogP contribution in [0.4, 0.5) is 22.0 Å². The molecule has 1 unspecified atom stereocenters. The quantitative estimate of drug-likeness (QED) is 0.359. The molecule has 5 heterocycles. The van der Waals surface area contributed by atoms with Gasteiger partial charge in [0.25, 0.3) is 5.91 Å². The molecule has 2 N–H and O–H groups in total. The molecule has 0 aliphatic carbocycles. The van der Waals surface area contributed by atoms with Gasteiger partial charge < -0.3 is 15.5 Å². The largest absolute Gasteiger partial charge is 0.347 e. The first-order valence-electron chi connectivity index (χ1n) is 12.3. The van der Waals surface area contributed by atoms with Crippen LogP contribution in [0.3, 0.4) is 0 Å². The molecule has 0 saturated carbocycles. The molecule has 1 fully saturated rings. The van der Waals surface area contributed by atoms with E-state index in [1.165, 1.54) is 22.3 Å². The Morgan fingerprint density at radius 1 is 1.13 bits per heavy atom. The number of nitrogens with zero attached hydrogens (tertiary/aromatic N) is 4. The highest BCUT2D eigenvalue weighted by Gasteiger charge is 2.34. The monoisotopic (exact) mass is 524 g/mol. The minimum Gasteiger partial charge on any atom is -0.347 e. The molecule has 2 aliphatic heterocycles. The number of thiophene rings is 1. The second-order valence-corrected chi connectivity index (χ2v) is 10.1. The normalized spacial score (nSPS) is 16.7. The third-order valence-electron chi connectivity index (χ3n) is 6.73. The van der Waals surface area contributed by atoms with Crippen LogP contribution in [0.5, 0.6) is 0 Å². The number of hydrogen-bond donors (Lipinski definition) is 2. The number of benzene rings is 1. The van der Waals surface area contributed by atoms with Crippen molar-refractivity contribution in [2.75, 3.05) is 23.3 Å². The smallest absolute Gasteiger partial charge is 0.332 e. The Labute approximate surface area is 222 Å². The van der Waals surface area contributed by atoms with Crippen molar-refractivity contribution < 1.29 is 14.4 Å². The minimum absolute atomic E-state index is 0.146. The van der Waals surface area contributed by atoms with Gasteiger partial charge in [-0.05, 0) is 37.1 Å². The lowest BCUT2D eigenvalue weighted by atomic mass is 10.1. The summed E-state index contributed by atoms with van der Waals surface area (Å²) in [5.41, 5.74) is 2.75. The molecule has 0 radical (unpaired) electrons. The number of pyridine rings is 2. The summed E-state index contributed by atoms with van der Waals surface area (Å²) in [4.78, 5) is 52.3. The van der Waals surface area contributed by atoms with Crippen molar-refractivity contribution in [3.63, 3.8) is 0 Å². The average Bonchev–Trinajstić information content (AvgIpc) is 3.33. The van der Waals surface area contributed by atoms with Gasteiger partial charge in [-0.25, -0.2) is 19.7 Å². The van der Waals surface area contributed by atoms with Gasteiger partial charge in [0.05, 0.1) is 22.5 Å². The molecule has 190 valence electrons. The van der Waals surface area contributed by atoms with Crippen molar-refractivity contribution in [3.8, 4) is 11.3 Å². The van der Waals surface area contributed by atoms with Gasteiger partial charge in [-0.15, -0.1) is 11.3 Å². The number of anilines is 3. The van der Waals surface area contributed by atoms with Gasteiger partial charge >= 0.3 is 6.03 Å². The van der Waals surface area contributed by atoms with Crippen LogP contribution in [-0.2, 0) is 4.79 Å². The van der Waals surface area contributed by atoms with Gasteiger partial charge in [0.1, 0.15) is 15.5 Å². The first-order chi connectivity index (χ1) is 18.5. The Morgan fingerprint density at radius 3 is 2.79 bits per heavy atom. The standard InChI is InChI=1S/C28H24N6O3S/c1-2-22(35)33-15-7-10-18(16-33)30-26(36)25-24-23-20(13-14-29-27(23)38-25)34(28(37)32-24)21-12-6-11-19(31-21)17-8-4-3-5-9-17/h2-6,8-9,11-14,18H,1,7,10,15-16H2,(H,30,36)(H,32,37). The van der Waals surface area contributed by atoms with Crippen LogP contribution >= 0.6 is 11.3 Å². The van der Waals surface area contributed by atoms with Crippen LogP contribution in [0.1, 0.15) is 22.5 Å². The molecule has 38 heavy (non-hydrogen) atoms. The Balaban J connectivity index is 1.33. The molecular formula is C28H24N6O3S.